The van der Waals surface area contributed by atoms with Crippen molar-refractivity contribution in [2.75, 3.05) is 30.8 Å². The number of rotatable bonds is 5. The number of aromatic nitrogens is 1. The van der Waals surface area contributed by atoms with Crippen LogP contribution in [-0.4, -0.2) is 31.0 Å². The molecule has 0 fully saturated rings. The summed E-state index contributed by atoms with van der Waals surface area (Å²) in [6.07, 6.45) is 0. The molecule has 0 aliphatic heterocycles. The van der Waals surface area contributed by atoms with Gasteiger partial charge in [-0.05, 0) is 12.0 Å². The van der Waals surface area contributed by atoms with Crippen LogP contribution in [0, 0.1) is 5.92 Å². The Bertz CT molecular complexity index is 465. The van der Waals surface area contributed by atoms with E-state index in [-0.39, 0.29) is 18.3 Å². The van der Waals surface area contributed by atoms with Crippen LogP contribution in [0.1, 0.15) is 13.8 Å². The molecule has 0 bridgehead atoms. The fourth-order valence-electron chi connectivity index (χ4n) is 1.40. The molecule has 0 atom stereocenters. The second-order valence-corrected chi connectivity index (χ2v) is 5.53. The molecule has 5 nitrogen and oxygen atoms in total. The minimum Gasteiger partial charge on any atom is -0.382 e. The fourth-order valence-corrected chi connectivity index (χ4v) is 1.91. The van der Waals surface area contributed by atoms with Crippen molar-refractivity contribution >= 4 is 40.7 Å². The number of carbonyl (C=O) groups excluding carboxylic acids is 1. The third kappa shape index (κ3) is 4.76. The van der Waals surface area contributed by atoms with Gasteiger partial charge in [0.05, 0.1) is 16.6 Å². The van der Waals surface area contributed by atoms with Crippen molar-refractivity contribution < 1.29 is 4.79 Å². The minimum absolute atomic E-state index is 0.0948. The summed E-state index contributed by atoms with van der Waals surface area (Å²) in [6, 6.07) is 1.52. The van der Waals surface area contributed by atoms with E-state index in [1.165, 1.54) is 6.07 Å². The monoisotopic (exact) mass is 304 g/mol. The molecular formula is C12H18Cl2N4O. The molecule has 0 aliphatic rings. The Balaban J connectivity index is 2.70. The first-order valence-corrected chi connectivity index (χ1v) is 6.66. The minimum atomic E-state index is -0.0948. The Morgan fingerprint density at radius 2 is 2.11 bits per heavy atom. The lowest BCUT2D eigenvalue weighted by atomic mass is 10.2. The first kappa shape index (κ1) is 15.9. The van der Waals surface area contributed by atoms with Gasteiger partial charge in [-0.1, -0.05) is 37.0 Å². The molecule has 1 rings (SSSR count). The zero-order chi connectivity index (χ0) is 14.6. The molecule has 0 aromatic carbocycles. The average molecular weight is 305 g/mol. The van der Waals surface area contributed by atoms with Gasteiger partial charge in [0.15, 0.2) is 0 Å². The summed E-state index contributed by atoms with van der Waals surface area (Å²) < 4.78 is 0. The van der Waals surface area contributed by atoms with Gasteiger partial charge >= 0.3 is 0 Å². The molecule has 106 valence electrons. The van der Waals surface area contributed by atoms with Crippen LogP contribution in [0.3, 0.4) is 0 Å². The largest absolute Gasteiger partial charge is 0.382 e. The van der Waals surface area contributed by atoms with Crippen molar-refractivity contribution in [1.82, 2.24) is 10.3 Å². The Labute approximate surface area is 123 Å². The maximum Gasteiger partial charge on any atom is 0.239 e. The Kier molecular flexibility index (Phi) is 5.69. The first-order chi connectivity index (χ1) is 8.81. The summed E-state index contributed by atoms with van der Waals surface area (Å²) in [6.45, 7) is 4.85. The van der Waals surface area contributed by atoms with E-state index < -0.39 is 0 Å². The standard InChI is InChI=1S/C12H18Cl2N4O/c1-7(2)5-16-10(19)6-18(3)12-9(14)4-8(13)11(15)17-12/h4,7H,5-6H2,1-3H3,(H2,15,17)(H,16,19). The second kappa shape index (κ2) is 6.82. The van der Waals surface area contributed by atoms with E-state index in [1.54, 1.807) is 11.9 Å². The topological polar surface area (TPSA) is 71.2 Å². The van der Waals surface area contributed by atoms with Gasteiger partial charge in [0, 0.05) is 13.6 Å². The van der Waals surface area contributed by atoms with Crippen LogP contribution < -0.4 is 16.0 Å². The normalized spacial score (nSPS) is 10.6. The molecule has 1 heterocycles. The highest BCUT2D eigenvalue weighted by Gasteiger charge is 2.14. The lowest BCUT2D eigenvalue weighted by Gasteiger charge is -2.19. The van der Waals surface area contributed by atoms with Crippen LogP contribution >= 0.6 is 23.2 Å². The molecule has 0 unspecified atom stereocenters. The lowest BCUT2D eigenvalue weighted by Crippen LogP contribution is -2.37. The Hall–Kier alpha value is -1.20. The van der Waals surface area contributed by atoms with E-state index >= 15 is 0 Å². The highest BCUT2D eigenvalue weighted by atomic mass is 35.5. The SMILES string of the molecule is CC(C)CNC(=O)CN(C)c1nc(N)c(Cl)cc1Cl. The van der Waals surface area contributed by atoms with Crippen molar-refractivity contribution in [2.24, 2.45) is 5.92 Å². The molecule has 0 saturated heterocycles. The number of nitrogen functional groups attached to an aromatic ring is 1. The van der Waals surface area contributed by atoms with Crippen LogP contribution in [0.5, 0.6) is 0 Å². The molecule has 3 N–H and O–H groups in total. The smallest absolute Gasteiger partial charge is 0.239 e. The van der Waals surface area contributed by atoms with Crippen LogP contribution in [0.25, 0.3) is 0 Å². The summed E-state index contributed by atoms with van der Waals surface area (Å²) in [7, 11) is 1.72. The van der Waals surface area contributed by atoms with Gasteiger partial charge in [0.2, 0.25) is 5.91 Å². The summed E-state index contributed by atoms with van der Waals surface area (Å²) in [5.41, 5.74) is 5.63. The van der Waals surface area contributed by atoms with E-state index in [0.29, 0.717) is 28.3 Å². The molecule has 1 aromatic heterocycles. The summed E-state index contributed by atoms with van der Waals surface area (Å²) in [5, 5.41) is 3.48. The van der Waals surface area contributed by atoms with Crippen LogP contribution in [-0.2, 0) is 4.79 Å². The molecule has 1 aromatic rings. The number of pyridine rings is 1. The van der Waals surface area contributed by atoms with E-state index in [4.69, 9.17) is 28.9 Å². The number of likely N-dealkylation sites (N-methyl/N-ethyl adjacent to an activating group) is 1. The average Bonchev–Trinajstić information content (AvgIpc) is 2.31. The maximum atomic E-state index is 11.7. The number of anilines is 2. The molecular weight excluding hydrogens is 287 g/mol. The fraction of sp³-hybridized carbons (Fsp3) is 0.500. The van der Waals surface area contributed by atoms with Crippen LogP contribution in [0.4, 0.5) is 11.6 Å². The molecule has 0 saturated carbocycles. The third-order valence-corrected chi connectivity index (χ3v) is 2.97. The number of nitrogens with one attached hydrogen (secondary N) is 1. The quantitative estimate of drug-likeness (QED) is 0.874. The number of hydrogen-bond acceptors (Lipinski definition) is 4. The highest BCUT2D eigenvalue weighted by molar-refractivity contribution is 6.37. The number of hydrogen-bond donors (Lipinski definition) is 2. The first-order valence-electron chi connectivity index (χ1n) is 5.90. The second-order valence-electron chi connectivity index (χ2n) is 4.71. The molecule has 19 heavy (non-hydrogen) atoms. The van der Waals surface area contributed by atoms with Crippen molar-refractivity contribution in [1.29, 1.82) is 0 Å². The van der Waals surface area contributed by atoms with Gasteiger partial charge in [-0.3, -0.25) is 4.79 Å². The number of amides is 1. The van der Waals surface area contributed by atoms with Gasteiger partial charge in [0.25, 0.3) is 0 Å². The molecule has 7 heteroatoms. The van der Waals surface area contributed by atoms with Crippen molar-refractivity contribution in [3.8, 4) is 0 Å². The molecule has 0 radical (unpaired) electrons. The number of nitrogens with two attached hydrogens (primary N) is 1. The summed E-state index contributed by atoms with van der Waals surface area (Å²) in [4.78, 5) is 17.4. The van der Waals surface area contributed by atoms with Crippen LogP contribution in [0.15, 0.2) is 6.07 Å². The van der Waals surface area contributed by atoms with E-state index in [0.717, 1.165) is 0 Å². The van der Waals surface area contributed by atoms with Crippen molar-refractivity contribution in [2.45, 2.75) is 13.8 Å². The van der Waals surface area contributed by atoms with Gasteiger partial charge in [-0.15, -0.1) is 0 Å². The predicted octanol–water partition coefficient (Wildman–Crippen LogP) is 2.18. The van der Waals surface area contributed by atoms with Crippen molar-refractivity contribution in [3.63, 3.8) is 0 Å². The van der Waals surface area contributed by atoms with E-state index in [1.807, 2.05) is 13.8 Å². The van der Waals surface area contributed by atoms with Gasteiger partial charge in [0.1, 0.15) is 11.6 Å². The van der Waals surface area contributed by atoms with Gasteiger partial charge < -0.3 is 16.0 Å². The van der Waals surface area contributed by atoms with Gasteiger partial charge in [-0.2, -0.15) is 0 Å². The van der Waals surface area contributed by atoms with Gasteiger partial charge in [-0.25, -0.2) is 4.98 Å². The molecule has 0 aliphatic carbocycles. The van der Waals surface area contributed by atoms with Crippen molar-refractivity contribution in [3.05, 3.63) is 16.1 Å². The zero-order valence-electron chi connectivity index (χ0n) is 11.2. The zero-order valence-corrected chi connectivity index (χ0v) is 12.7. The Morgan fingerprint density at radius 1 is 1.47 bits per heavy atom. The summed E-state index contributed by atoms with van der Waals surface area (Å²) >= 11 is 11.8. The molecule has 1 amide bonds. The lowest BCUT2D eigenvalue weighted by molar-refractivity contribution is -0.119. The number of halogens is 2. The number of nitrogens with zero attached hydrogens (tertiary/aromatic N) is 2. The predicted molar refractivity (Wildman–Crippen MR) is 79.8 cm³/mol. The van der Waals surface area contributed by atoms with Crippen LogP contribution in [0.2, 0.25) is 10.0 Å². The highest BCUT2D eigenvalue weighted by Crippen LogP contribution is 2.29. The Morgan fingerprint density at radius 3 is 2.68 bits per heavy atom. The number of carbonyl (C=O) groups is 1. The van der Waals surface area contributed by atoms with E-state index in [2.05, 4.69) is 10.3 Å². The maximum absolute atomic E-state index is 11.7. The van der Waals surface area contributed by atoms with E-state index in [9.17, 15) is 4.79 Å². The molecule has 0 spiro atoms. The summed E-state index contributed by atoms with van der Waals surface area (Å²) in [5.74, 6) is 0.934. The third-order valence-electron chi connectivity index (χ3n) is 2.39.